The third-order valence-electron chi connectivity index (χ3n) is 4.31. The molecule has 146 valence electrons. The summed E-state index contributed by atoms with van der Waals surface area (Å²) in [5.41, 5.74) is 4.75. The van der Waals surface area contributed by atoms with Crippen molar-refractivity contribution in [2.24, 2.45) is 11.8 Å². The molecule has 2 rings (SSSR count). The van der Waals surface area contributed by atoms with Crippen molar-refractivity contribution in [1.82, 2.24) is 10.9 Å². The number of carboxylic acid groups (broad SMARTS) is 1. The zero-order valence-electron chi connectivity index (χ0n) is 15.3. The summed E-state index contributed by atoms with van der Waals surface area (Å²) >= 11 is 0. The molecule has 0 aliphatic heterocycles. The first kappa shape index (κ1) is 20.1. The lowest BCUT2D eigenvalue weighted by Crippen LogP contribution is -2.47. The fourth-order valence-electron chi connectivity index (χ4n) is 2.87. The van der Waals surface area contributed by atoms with Crippen molar-refractivity contribution in [1.29, 1.82) is 0 Å². The molecular weight excluding hydrogens is 356 g/mol. The number of amides is 2. The number of benzene rings is 1. The fraction of sp³-hybridized carbons (Fsp3) is 0.389. The molecule has 0 radical (unpaired) electrons. The van der Waals surface area contributed by atoms with Crippen LogP contribution in [0.4, 0.5) is 0 Å². The molecule has 9 heteroatoms. The number of rotatable bonds is 6. The number of carboxylic acids is 1. The van der Waals surface area contributed by atoms with Crippen LogP contribution in [-0.4, -0.2) is 44.2 Å². The van der Waals surface area contributed by atoms with Gasteiger partial charge in [0, 0.05) is 5.56 Å². The number of hydrazine groups is 1. The molecule has 2 amide bonds. The average molecular weight is 378 g/mol. The smallest absolute Gasteiger partial charge is 0.307 e. The summed E-state index contributed by atoms with van der Waals surface area (Å²) in [6.45, 7) is 0. The van der Waals surface area contributed by atoms with Gasteiger partial charge < -0.3 is 19.3 Å². The number of allylic oxidation sites excluding steroid dienone is 2. The van der Waals surface area contributed by atoms with Gasteiger partial charge in [0.2, 0.25) is 11.7 Å². The monoisotopic (exact) mass is 378 g/mol. The Hall–Kier alpha value is -3.23. The topological polar surface area (TPSA) is 123 Å². The van der Waals surface area contributed by atoms with Crippen molar-refractivity contribution in [3.05, 3.63) is 29.8 Å². The molecule has 2 atom stereocenters. The first-order valence-electron chi connectivity index (χ1n) is 8.20. The largest absolute Gasteiger partial charge is 0.493 e. The SMILES string of the molecule is COc1cc(C(=O)NNC(=O)[C@H]2CC=CC[C@@H]2C(=O)O)cc(OC)c1OC. The summed E-state index contributed by atoms with van der Waals surface area (Å²) in [5.74, 6) is -2.89. The van der Waals surface area contributed by atoms with Crippen LogP contribution in [0.3, 0.4) is 0 Å². The Morgan fingerprint density at radius 3 is 1.96 bits per heavy atom. The Kier molecular flexibility index (Phi) is 6.64. The molecule has 0 bridgehead atoms. The maximum absolute atomic E-state index is 12.4. The first-order valence-corrected chi connectivity index (χ1v) is 8.20. The highest BCUT2D eigenvalue weighted by molar-refractivity contribution is 5.97. The Bertz CT molecular complexity index is 735. The molecular formula is C18H22N2O7. The summed E-state index contributed by atoms with van der Waals surface area (Å²) in [4.78, 5) is 36.0. The second kappa shape index (κ2) is 8.93. The van der Waals surface area contributed by atoms with Crippen LogP contribution in [0.1, 0.15) is 23.2 Å². The van der Waals surface area contributed by atoms with E-state index in [1.807, 2.05) is 0 Å². The highest BCUT2D eigenvalue weighted by Gasteiger charge is 2.34. The number of carbonyl (C=O) groups excluding carboxylic acids is 2. The molecule has 27 heavy (non-hydrogen) atoms. The van der Waals surface area contributed by atoms with Gasteiger partial charge >= 0.3 is 5.97 Å². The highest BCUT2D eigenvalue weighted by atomic mass is 16.5. The van der Waals surface area contributed by atoms with Gasteiger partial charge in [0.15, 0.2) is 11.5 Å². The lowest BCUT2D eigenvalue weighted by molar-refractivity contribution is -0.147. The molecule has 0 spiro atoms. The molecule has 1 aliphatic carbocycles. The quantitative estimate of drug-likeness (QED) is 0.501. The van der Waals surface area contributed by atoms with E-state index in [9.17, 15) is 19.5 Å². The maximum Gasteiger partial charge on any atom is 0.307 e. The Labute approximate surface area is 156 Å². The van der Waals surface area contributed by atoms with E-state index in [0.717, 1.165) is 0 Å². The van der Waals surface area contributed by atoms with Gasteiger partial charge in [-0.1, -0.05) is 12.2 Å². The second-order valence-corrected chi connectivity index (χ2v) is 5.85. The molecule has 0 saturated carbocycles. The lowest BCUT2D eigenvalue weighted by atomic mass is 9.82. The van der Waals surface area contributed by atoms with E-state index < -0.39 is 29.6 Å². The highest BCUT2D eigenvalue weighted by Crippen LogP contribution is 2.38. The number of hydrogen-bond donors (Lipinski definition) is 3. The second-order valence-electron chi connectivity index (χ2n) is 5.85. The molecule has 0 saturated heterocycles. The van der Waals surface area contributed by atoms with E-state index in [-0.39, 0.29) is 23.5 Å². The van der Waals surface area contributed by atoms with Crippen LogP contribution in [0.5, 0.6) is 17.2 Å². The van der Waals surface area contributed by atoms with E-state index in [2.05, 4.69) is 10.9 Å². The summed E-state index contributed by atoms with van der Waals surface area (Å²) in [5, 5.41) is 9.24. The average Bonchev–Trinajstić information content (AvgIpc) is 2.70. The lowest BCUT2D eigenvalue weighted by Gasteiger charge is -2.24. The number of methoxy groups -OCH3 is 3. The fourth-order valence-corrected chi connectivity index (χ4v) is 2.87. The standard InChI is InChI=1S/C18H22N2O7/c1-25-13-8-10(9-14(26-2)15(13)27-3)16(21)19-20-17(22)11-6-4-5-7-12(11)18(23)24/h4-5,8-9,11-12H,6-7H2,1-3H3,(H,19,21)(H,20,22)(H,23,24)/t11-,12-/m0/s1. The Morgan fingerprint density at radius 1 is 0.926 bits per heavy atom. The number of nitrogens with one attached hydrogen (secondary N) is 2. The molecule has 0 fully saturated rings. The molecule has 1 aromatic carbocycles. The van der Waals surface area contributed by atoms with Crippen molar-refractivity contribution in [3.8, 4) is 17.2 Å². The van der Waals surface area contributed by atoms with Crippen LogP contribution >= 0.6 is 0 Å². The summed E-state index contributed by atoms with van der Waals surface area (Å²) in [6, 6.07) is 2.87. The minimum absolute atomic E-state index is 0.170. The van der Waals surface area contributed by atoms with Crippen molar-refractivity contribution >= 4 is 17.8 Å². The van der Waals surface area contributed by atoms with E-state index in [0.29, 0.717) is 12.2 Å². The molecule has 0 aromatic heterocycles. The summed E-state index contributed by atoms with van der Waals surface area (Å²) in [7, 11) is 4.28. The predicted octanol–water partition coefficient (Wildman–Crippen LogP) is 1.14. The van der Waals surface area contributed by atoms with E-state index in [4.69, 9.17) is 14.2 Å². The summed E-state index contributed by atoms with van der Waals surface area (Å²) in [6.07, 6.45) is 4.05. The van der Waals surface area contributed by atoms with E-state index in [1.165, 1.54) is 33.5 Å². The van der Waals surface area contributed by atoms with Gasteiger partial charge in [0.05, 0.1) is 33.2 Å². The van der Waals surface area contributed by atoms with Crippen molar-refractivity contribution in [2.45, 2.75) is 12.8 Å². The molecule has 1 aliphatic rings. The van der Waals surface area contributed by atoms with Gasteiger partial charge in [-0.15, -0.1) is 0 Å². The van der Waals surface area contributed by atoms with Crippen LogP contribution in [0.2, 0.25) is 0 Å². The van der Waals surface area contributed by atoms with Crippen molar-refractivity contribution in [2.75, 3.05) is 21.3 Å². The Morgan fingerprint density at radius 2 is 1.48 bits per heavy atom. The van der Waals surface area contributed by atoms with Crippen LogP contribution in [0, 0.1) is 11.8 Å². The normalized spacial score (nSPS) is 18.3. The van der Waals surface area contributed by atoms with Crippen LogP contribution in [0.25, 0.3) is 0 Å². The molecule has 3 N–H and O–H groups in total. The van der Waals surface area contributed by atoms with Crippen LogP contribution in [-0.2, 0) is 9.59 Å². The number of carbonyl (C=O) groups is 3. The predicted molar refractivity (Wildman–Crippen MR) is 94.7 cm³/mol. The van der Waals surface area contributed by atoms with E-state index in [1.54, 1.807) is 12.2 Å². The maximum atomic E-state index is 12.4. The zero-order chi connectivity index (χ0) is 20.0. The summed E-state index contributed by atoms with van der Waals surface area (Å²) < 4.78 is 15.6. The third-order valence-corrected chi connectivity index (χ3v) is 4.31. The molecule has 0 heterocycles. The van der Waals surface area contributed by atoms with Crippen molar-refractivity contribution < 1.29 is 33.7 Å². The van der Waals surface area contributed by atoms with Gasteiger partial charge in [0.25, 0.3) is 5.91 Å². The van der Waals surface area contributed by atoms with Crippen LogP contribution in [0.15, 0.2) is 24.3 Å². The minimum atomic E-state index is -1.05. The molecule has 1 aromatic rings. The zero-order valence-corrected chi connectivity index (χ0v) is 15.3. The third kappa shape index (κ3) is 4.49. The van der Waals surface area contributed by atoms with Gasteiger partial charge in [-0.3, -0.25) is 25.2 Å². The van der Waals surface area contributed by atoms with Gasteiger partial charge in [0.1, 0.15) is 0 Å². The van der Waals surface area contributed by atoms with Gasteiger partial charge in [-0.05, 0) is 25.0 Å². The minimum Gasteiger partial charge on any atom is -0.493 e. The molecule has 9 nitrogen and oxygen atoms in total. The van der Waals surface area contributed by atoms with Crippen molar-refractivity contribution in [3.63, 3.8) is 0 Å². The first-order chi connectivity index (χ1) is 12.9. The van der Waals surface area contributed by atoms with Gasteiger partial charge in [-0.2, -0.15) is 0 Å². The number of aliphatic carboxylic acids is 1. The Balaban J connectivity index is 2.10. The molecule has 0 unspecified atom stereocenters. The number of hydrogen-bond acceptors (Lipinski definition) is 6. The van der Waals surface area contributed by atoms with Gasteiger partial charge in [-0.25, -0.2) is 0 Å². The van der Waals surface area contributed by atoms with Crippen LogP contribution < -0.4 is 25.1 Å². The van der Waals surface area contributed by atoms with E-state index >= 15 is 0 Å². The number of ether oxygens (including phenoxy) is 3.